The van der Waals surface area contributed by atoms with Crippen LogP contribution < -0.4 is 15.4 Å². The average Bonchev–Trinajstić information content (AvgIpc) is 2.68. The van der Waals surface area contributed by atoms with Gasteiger partial charge in [0.2, 0.25) is 5.91 Å². The topological polar surface area (TPSA) is 70.7 Å². The lowest BCUT2D eigenvalue weighted by atomic mass is 10.2. The van der Waals surface area contributed by atoms with Gasteiger partial charge in [-0.1, -0.05) is 18.2 Å². The highest BCUT2D eigenvalue weighted by Crippen LogP contribution is 2.21. The molecule has 0 bridgehead atoms. The molecule has 3 rings (SSSR count). The van der Waals surface area contributed by atoms with Gasteiger partial charge in [0.05, 0.1) is 6.54 Å². The zero-order valence-electron chi connectivity index (χ0n) is 13.9. The Morgan fingerprint density at radius 1 is 0.960 bits per heavy atom. The lowest BCUT2D eigenvalue weighted by Gasteiger charge is -2.27. The quantitative estimate of drug-likeness (QED) is 0.869. The number of nitrogens with zero attached hydrogens (tertiary/aromatic N) is 1. The van der Waals surface area contributed by atoms with Gasteiger partial charge in [-0.05, 0) is 36.4 Å². The first-order valence-corrected chi connectivity index (χ1v) is 8.32. The Morgan fingerprint density at radius 2 is 1.60 bits per heavy atom. The predicted molar refractivity (Wildman–Crippen MR) is 94.7 cm³/mol. The molecule has 0 aromatic heterocycles. The first-order valence-electron chi connectivity index (χ1n) is 8.32. The molecule has 25 heavy (non-hydrogen) atoms. The van der Waals surface area contributed by atoms with E-state index in [9.17, 15) is 9.59 Å². The largest absolute Gasteiger partial charge is 0.457 e. The number of ether oxygens (including phenoxy) is 1. The van der Waals surface area contributed by atoms with Crippen molar-refractivity contribution in [3.05, 3.63) is 60.2 Å². The SMILES string of the molecule is O=C(NCC(=O)N1CCNCC1)c1ccc(Oc2ccccc2)cc1. The zero-order chi connectivity index (χ0) is 17.5. The van der Waals surface area contributed by atoms with E-state index in [1.54, 1.807) is 29.2 Å². The third-order valence-electron chi connectivity index (χ3n) is 3.97. The van der Waals surface area contributed by atoms with Gasteiger partial charge < -0.3 is 20.3 Å². The number of para-hydroxylation sites is 1. The van der Waals surface area contributed by atoms with Gasteiger partial charge in [0.25, 0.3) is 5.91 Å². The summed E-state index contributed by atoms with van der Waals surface area (Å²) < 4.78 is 5.69. The van der Waals surface area contributed by atoms with Crippen molar-refractivity contribution in [3.8, 4) is 11.5 Å². The number of piperazine rings is 1. The highest BCUT2D eigenvalue weighted by molar-refractivity contribution is 5.96. The van der Waals surface area contributed by atoms with E-state index in [1.165, 1.54) is 0 Å². The smallest absolute Gasteiger partial charge is 0.251 e. The van der Waals surface area contributed by atoms with Gasteiger partial charge in [0, 0.05) is 31.7 Å². The van der Waals surface area contributed by atoms with Crippen molar-refractivity contribution < 1.29 is 14.3 Å². The molecule has 6 nitrogen and oxygen atoms in total. The van der Waals surface area contributed by atoms with Crippen LogP contribution in [0.3, 0.4) is 0 Å². The fourth-order valence-electron chi connectivity index (χ4n) is 2.58. The van der Waals surface area contributed by atoms with E-state index in [-0.39, 0.29) is 18.4 Å². The van der Waals surface area contributed by atoms with Crippen molar-refractivity contribution in [2.75, 3.05) is 32.7 Å². The van der Waals surface area contributed by atoms with Crippen molar-refractivity contribution in [2.24, 2.45) is 0 Å². The van der Waals surface area contributed by atoms with Crippen LogP contribution in [0.5, 0.6) is 11.5 Å². The summed E-state index contributed by atoms with van der Waals surface area (Å²) >= 11 is 0. The number of benzene rings is 2. The molecule has 0 spiro atoms. The molecule has 1 saturated heterocycles. The molecule has 2 aromatic carbocycles. The monoisotopic (exact) mass is 339 g/mol. The molecule has 1 heterocycles. The maximum Gasteiger partial charge on any atom is 0.251 e. The molecule has 0 aliphatic carbocycles. The molecule has 2 N–H and O–H groups in total. The van der Waals surface area contributed by atoms with Crippen LogP contribution >= 0.6 is 0 Å². The Balaban J connectivity index is 1.51. The maximum atomic E-state index is 12.2. The molecule has 0 unspecified atom stereocenters. The van der Waals surface area contributed by atoms with Crippen molar-refractivity contribution >= 4 is 11.8 Å². The summed E-state index contributed by atoms with van der Waals surface area (Å²) in [7, 11) is 0. The minimum Gasteiger partial charge on any atom is -0.457 e. The summed E-state index contributed by atoms with van der Waals surface area (Å²) in [6, 6.07) is 16.3. The number of amides is 2. The molecule has 0 saturated carbocycles. The number of hydrogen-bond acceptors (Lipinski definition) is 4. The third kappa shape index (κ3) is 4.81. The Hall–Kier alpha value is -2.86. The predicted octanol–water partition coefficient (Wildman–Crippen LogP) is 1.64. The minimum atomic E-state index is -0.269. The Bertz CT molecular complexity index is 710. The van der Waals surface area contributed by atoms with Crippen LogP contribution in [-0.4, -0.2) is 49.4 Å². The fourth-order valence-corrected chi connectivity index (χ4v) is 2.58. The first kappa shape index (κ1) is 17.0. The normalized spacial score (nSPS) is 14.0. The molecule has 0 radical (unpaired) electrons. The van der Waals surface area contributed by atoms with E-state index in [0.717, 1.165) is 18.8 Å². The summed E-state index contributed by atoms with van der Waals surface area (Å²) in [5.74, 6) is 1.06. The third-order valence-corrected chi connectivity index (χ3v) is 3.97. The lowest BCUT2D eigenvalue weighted by molar-refractivity contribution is -0.130. The van der Waals surface area contributed by atoms with Crippen LogP contribution in [0.1, 0.15) is 10.4 Å². The summed E-state index contributed by atoms with van der Waals surface area (Å²) in [4.78, 5) is 26.0. The summed E-state index contributed by atoms with van der Waals surface area (Å²) in [6.45, 7) is 2.96. The second kappa shape index (κ2) is 8.30. The second-order valence-corrected chi connectivity index (χ2v) is 5.75. The van der Waals surface area contributed by atoms with E-state index in [1.807, 2.05) is 30.3 Å². The van der Waals surface area contributed by atoms with Crippen molar-refractivity contribution in [2.45, 2.75) is 0 Å². The van der Waals surface area contributed by atoms with E-state index in [0.29, 0.717) is 24.4 Å². The highest BCUT2D eigenvalue weighted by atomic mass is 16.5. The molecule has 130 valence electrons. The Morgan fingerprint density at radius 3 is 2.28 bits per heavy atom. The van der Waals surface area contributed by atoms with Crippen LogP contribution in [0, 0.1) is 0 Å². The molecule has 6 heteroatoms. The summed E-state index contributed by atoms with van der Waals surface area (Å²) in [5, 5.41) is 5.86. The van der Waals surface area contributed by atoms with Crippen LogP contribution in [0.2, 0.25) is 0 Å². The molecule has 1 aliphatic heterocycles. The summed E-state index contributed by atoms with van der Waals surface area (Å²) in [6.07, 6.45) is 0. The van der Waals surface area contributed by atoms with Crippen molar-refractivity contribution in [3.63, 3.8) is 0 Å². The lowest BCUT2D eigenvalue weighted by Crippen LogP contribution is -2.49. The Kier molecular flexibility index (Phi) is 5.64. The summed E-state index contributed by atoms with van der Waals surface area (Å²) in [5.41, 5.74) is 0.494. The van der Waals surface area contributed by atoms with E-state index in [4.69, 9.17) is 4.74 Å². The molecular weight excluding hydrogens is 318 g/mol. The van der Waals surface area contributed by atoms with Gasteiger partial charge in [-0.2, -0.15) is 0 Å². The first-order chi connectivity index (χ1) is 12.2. The second-order valence-electron chi connectivity index (χ2n) is 5.75. The standard InChI is InChI=1S/C19H21N3O3/c23-18(22-12-10-20-11-13-22)14-21-19(24)15-6-8-17(9-7-15)25-16-4-2-1-3-5-16/h1-9,20H,10-14H2,(H,21,24). The molecule has 1 fully saturated rings. The molecule has 2 aromatic rings. The molecular formula is C19H21N3O3. The van der Waals surface area contributed by atoms with Crippen LogP contribution in [-0.2, 0) is 4.79 Å². The van der Waals surface area contributed by atoms with E-state index < -0.39 is 0 Å². The fraction of sp³-hybridized carbons (Fsp3) is 0.263. The number of nitrogens with one attached hydrogen (secondary N) is 2. The van der Waals surface area contributed by atoms with Gasteiger partial charge in [-0.25, -0.2) is 0 Å². The number of carbonyl (C=O) groups excluding carboxylic acids is 2. The average molecular weight is 339 g/mol. The molecule has 2 amide bonds. The number of hydrogen-bond donors (Lipinski definition) is 2. The van der Waals surface area contributed by atoms with Crippen molar-refractivity contribution in [1.82, 2.24) is 15.5 Å². The van der Waals surface area contributed by atoms with Gasteiger partial charge in [0.15, 0.2) is 0 Å². The van der Waals surface area contributed by atoms with Gasteiger partial charge in [-0.15, -0.1) is 0 Å². The maximum absolute atomic E-state index is 12.2. The van der Waals surface area contributed by atoms with Crippen LogP contribution in [0.25, 0.3) is 0 Å². The zero-order valence-corrected chi connectivity index (χ0v) is 13.9. The van der Waals surface area contributed by atoms with Crippen molar-refractivity contribution in [1.29, 1.82) is 0 Å². The minimum absolute atomic E-state index is 0.0150. The number of rotatable bonds is 5. The van der Waals surface area contributed by atoms with E-state index >= 15 is 0 Å². The van der Waals surface area contributed by atoms with Gasteiger partial charge in [-0.3, -0.25) is 9.59 Å². The molecule has 0 atom stereocenters. The van der Waals surface area contributed by atoms with Gasteiger partial charge >= 0.3 is 0 Å². The van der Waals surface area contributed by atoms with Crippen LogP contribution in [0.15, 0.2) is 54.6 Å². The molecule has 1 aliphatic rings. The Labute approximate surface area is 146 Å². The highest BCUT2D eigenvalue weighted by Gasteiger charge is 2.17. The van der Waals surface area contributed by atoms with Crippen LogP contribution in [0.4, 0.5) is 0 Å². The number of carbonyl (C=O) groups is 2. The van der Waals surface area contributed by atoms with Gasteiger partial charge in [0.1, 0.15) is 11.5 Å². The van der Waals surface area contributed by atoms with E-state index in [2.05, 4.69) is 10.6 Å².